The smallest absolute Gasteiger partial charge is 0.0593 e. The van der Waals surface area contributed by atoms with Gasteiger partial charge in [0.1, 0.15) is 0 Å². The maximum Gasteiger partial charge on any atom is 0.0593 e. The summed E-state index contributed by atoms with van der Waals surface area (Å²) in [5.74, 6) is 1.62. The minimum atomic E-state index is 0.202. The highest BCUT2D eigenvalue weighted by Gasteiger charge is 2.33. The number of nitrogens with two attached hydrogens (primary N) is 1. The molecule has 1 fully saturated rings. The zero-order valence-corrected chi connectivity index (χ0v) is 12.8. The quantitative estimate of drug-likeness (QED) is 0.905. The van der Waals surface area contributed by atoms with Crippen LogP contribution in [0.2, 0.25) is 0 Å². The van der Waals surface area contributed by atoms with E-state index in [4.69, 9.17) is 5.73 Å². The predicted octanol–water partition coefficient (Wildman–Crippen LogP) is 3.42. The van der Waals surface area contributed by atoms with Gasteiger partial charge in [0, 0.05) is 17.5 Å². The highest BCUT2D eigenvalue weighted by Crippen LogP contribution is 2.35. The van der Waals surface area contributed by atoms with Gasteiger partial charge in [0.25, 0.3) is 0 Å². The second-order valence-electron chi connectivity index (χ2n) is 6.06. The van der Waals surface area contributed by atoms with E-state index >= 15 is 0 Å². The third-order valence-electron chi connectivity index (χ3n) is 4.26. The lowest BCUT2D eigenvalue weighted by atomic mass is 9.95. The fourth-order valence-electron chi connectivity index (χ4n) is 3.04. The summed E-state index contributed by atoms with van der Waals surface area (Å²) < 4.78 is 0. The SMILES string of the molecule is Cc1ccsc1C(C(C)N)N1CCC(C(C)C)C1. The van der Waals surface area contributed by atoms with Crippen LogP contribution in [0.1, 0.15) is 43.7 Å². The van der Waals surface area contributed by atoms with Gasteiger partial charge in [0.2, 0.25) is 0 Å². The average Bonchev–Trinajstić information content (AvgIpc) is 2.89. The van der Waals surface area contributed by atoms with Crippen LogP contribution < -0.4 is 5.73 Å². The van der Waals surface area contributed by atoms with Gasteiger partial charge in [-0.1, -0.05) is 13.8 Å². The Hall–Kier alpha value is -0.380. The summed E-state index contributed by atoms with van der Waals surface area (Å²) in [7, 11) is 0. The fraction of sp³-hybridized carbons (Fsp3) is 0.733. The Balaban J connectivity index is 2.15. The van der Waals surface area contributed by atoms with Crippen molar-refractivity contribution in [1.82, 2.24) is 4.90 Å². The third-order valence-corrected chi connectivity index (χ3v) is 5.35. The summed E-state index contributed by atoms with van der Waals surface area (Å²) >= 11 is 1.86. The Bertz CT molecular complexity index is 384. The first-order chi connectivity index (χ1) is 8.50. The molecule has 2 nitrogen and oxygen atoms in total. The lowest BCUT2D eigenvalue weighted by Gasteiger charge is -2.31. The van der Waals surface area contributed by atoms with Crippen LogP contribution in [-0.4, -0.2) is 24.0 Å². The molecule has 0 spiro atoms. The number of rotatable bonds is 4. The standard InChI is InChI=1S/C15H26N2S/c1-10(2)13-5-7-17(9-13)14(12(4)16)15-11(3)6-8-18-15/h6,8,10,12-14H,5,7,9,16H2,1-4H3. The van der Waals surface area contributed by atoms with Gasteiger partial charge >= 0.3 is 0 Å². The van der Waals surface area contributed by atoms with E-state index in [0.29, 0.717) is 6.04 Å². The molecular weight excluding hydrogens is 240 g/mol. The van der Waals surface area contributed by atoms with Crippen molar-refractivity contribution in [1.29, 1.82) is 0 Å². The topological polar surface area (TPSA) is 29.3 Å². The van der Waals surface area contributed by atoms with E-state index in [0.717, 1.165) is 11.8 Å². The Morgan fingerprint density at radius 3 is 2.56 bits per heavy atom. The lowest BCUT2D eigenvalue weighted by Crippen LogP contribution is -2.38. The first-order valence-corrected chi connectivity index (χ1v) is 7.92. The molecule has 0 bridgehead atoms. The molecule has 18 heavy (non-hydrogen) atoms. The summed E-state index contributed by atoms with van der Waals surface area (Å²) in [5.41, 5.74) is 7.66. The monoisotopic (exact) mass is 266 g/mol. The molecule has 0 aliphatic carbocycles. The molecule has 1 aliphatic rings. The summed E-state index contributed by atoms with van der Waals surface area (Å²) in [5, 5.41) is 2.19. The normalized spacial score (nSPS) is 24.7. The zero-order valence-electron chi connectivity index (χ0n) is 12.0. The maximum absolute atomic E-state index is 6.26. The summed E-state index contributed by atoms with van der Waals surface area (Å²) in [6, 6.07) is 2.83. The van der Waals surface area contributed by atoms with Gasteiger partial charge in [-0.15, -0.1) is 11.3 Å². The van der Waals surface area contributed by atoms with Crippen molar-refractivity contribution in [2.75, 3.05) is 13.1 Å². The summed E-state index contributed by atoms with van der Waals surface area (Å²) in [6.07, 6.45) is 1.32. The minimum Gasteiger partial charge on any atom is -0.326 e. The molecule has 3 atom stereocenters. The number of likely N-dealkylation sites (tertiary alicyclic amines) is 1. The molecule has 2 rings (SSSR count). The van der Waals surface area contributed by atoms with Crippen LogP contribution in [0.15, 0.2) is 11.4 Å². The van der Waals surface area contributed by atoms with Crippen molar-refractivity contribution in [3.63, 3.8) is 0 Å². The molecule has 1 saturated heterocycles. The first-order valence-electron chi connectivity index (χ1n) is 7.04. The van der Waals surface area contributed by atoms with Crippen molar-refractivity contribution in [3.05, 3.63) is 21.9 Å². The fourth-order valence-corrected chi connectivity index (χ4v) is 4.21. The van der Waals surface area contributed by atoms with E-state index in [9.17, 15) is 0 Å². The van der Waals surface area contributed by atoms with Crippen molar-refractivity contribution in [2.45, 2.75) is 46.2 Å². The molecule has 3 unspecified atom stereocenters. The van der Waals surface area contributed by atoms with E-state index in [2.05, 4.69) is 44.0 Å². The van der Waals surface area contributed by atoms with Crippen molar-refractivity contribution < 1.29 is 0 Å². The van der Waals surface area contributed by atoms with E-state index in [1.54, 1.807) is 0 Å². The van der Waals surface area contributed by atoms with Crippen molar-refractivity contribution in [2.24, 2.45) is 17.6 Å². The van der Waals surface area contributed by atoms with Crippen LogP contribution >= 0.6 is 11.3 Å². The number of hydrogen-bond donors (Lipinski definition) is 1. The summed E-state index contributed by atoms with van der Waals surface area (Å²) in [4.78, 5) is 4.07. The average molecular weight is 266 g/mol. The highest BCUT2D eigenvalue weighted by atomic mass is 32.1. The number of hydrogen-bond acceptors (Lipinski definition) is 3. The van der Waals surface area contributed by atoms with E-state index in [-0.39, 0.29) is 6.04 Å². The first kappa shape index (κ1) is 14.0. The number of nitrogens with zero attached hydrogens (tertiary/aromatic N) is 1. The number of aryl methyl sites for hydroxylation is 1. The van der Waals surface area contributed by atoms with Gasteiger partial charge in [-0.3, -0.25) is 4.90 Å². The van der Waals surface area contributed by atoms with E-state index in [1.807, 2.05) is 11.3 Å². The largest absolute Gasteiger partial charge is 0.326 e. The van der Waals surface area contributed by atoms with Gasteiger partial charge < -0.3 is 5.73 Å². The molecule has 0 aromatic carbocycles. The van der Waals surface area contributed by atoms with Gasteiger partial charge in [-0.2, -0.15) is 0 Å². The molecule has 0 saturated carbocycles. The molecule has 1 aromatic rings. The molecular formula is C15H26N2S. The van der Waals surface area contributed by atoms with Crippen molar-refractivity contribution in [3.8, 4) is 0 Å². The van der Waals surface area contributed by atoms with Gasteiger partial charge in [0.15, 0.2) is 0 Å². The molecule has 1 aliphatic heterocycles. The van der Waals surface area contributed by atoms with Crippen LogP contribution in [-0.2, 0) is 0 Å². The Labute approximate surface area is 115 Å². The Morgan fingerprint density at radius 1 is 1.39 bits per heavy atom. The van der Waals surface area contributed by atoms with Crippen molar-refractivity contribution >= 4 is 11.3 Å². The van der Waals surface area contributed by atoms with Gasteiger partial charge in [-0.25, -0.2) is 0 Å². The molecule has 2 heterocycles. The molecule has 0 radical (unpaired) electrons. The van der Waals surface area contributed by atoms with Crippen LogP contribution in [0.4, 0.5) is 0 Å². The molecule has 1 aromatic heterocycles. The molecule has 3 heteroatoms. The zero-order chi connectivity index (χ0) is 13.3. The highest BCUT2D eigenvalue weighted by molar-refractivity contribution is 7.10. The van der Waals surface area contributed by atoms with Gasteiger partial charge in [-0.05, 0) is 55.7 Å². The molecule has 102 valence electrons. The van der Waals surface area contributed by atoms with E-state index < -0.39 is 0 Å². The summed E-state index contributed by atoms with van der Waals surface area (Å²) in [6.45, 7) is 11.4. The van der Waals surface area contributed by atoms with E-state index in [1.165, 1.54) is 30.0 Å². The van der Waals surface area contributed by atoms with Crippen LogP contribution in [0, 0.1) is 18.8 Å². The second kappa shape index (κ2) is 5.72. The number of thiophene rings is 1. The molecule has 0 amide bonds. The third kappa shape index (κ3) is 2.79. The van der Waals surface area contributed by atoms with Crippen LogP contribution in [0.3, 0.4) is 0 Å². The van der Waals surface area contributed by atoms with Crippen LogP contribution in [0.25, 0.3) is 0 Å². The lowest BCUT2D eigenvalue weighted by molar-refractivity contribution is 0.206. The molecule has 2 N–H and O–H groups in total. The Kier molecular flexibility index (Phi) is 4.46. The maximum atomic E-state index is 6.26. The van der Waals surface area contributed by atoms with Crippen LogP contribution in [0.5, 0.6) is 0 Å². The van der Waals surface area contributed by atoms with Gasteiger partial charge in [0.05, 0.1) is 6.04 Å². The predicted molar refractivity (Wildman–Crippen MR) is 80.0 cm³/mol. The second-order valence-corrected chi connectivity index (χ2v) is 7.01. The minimum absolute atomic E-state index is 0.202. The Morgan fingerprint density at radius 2 is 2.11 bits per heavy atom.